The Hall–Kier alpha value is -0.940. The lowest BCUT2D eigenvalue weighted by Gasteiger charge is -2.23. The molecule has 2 N–H and O–H groups in total. The number of rotatable bonds is 1. The lowest BCUT2D eigenvalue weighted by atomic mass is 10.0. The molecule has 3 aliphatic rings. The first-order valence-electron chi connectivity index (χ1n) is 5.66. The molecule has 0 bridgehead atoms. The highest BCUT2D eigenvalue weighted by atomic mass is 16.6. The van der Waals surface area contributed by atoms with Crippen molar-refractivity contribution >= 4 is 0 Å². The molecule has 4 nitrogen and oxygen atoms in total. The largest absolute Gasteiger partial charge is 0.390 e. The van der Waals surface area contributed by atoms with Gasteiger partial charge in [-0.05, 0) is 12.1 Å². The van der Waals surface area contributed by atoms with Gasteiger partial charge < -0.3 is 14.6 Å². The molecule has 0 amide bonds. The Morgan fingerprint density at radius 3 is 2.25 bits per heavy atom. The van der Waals surface area contributed by atoms with Crippen molar-refractivity contribution in [3.8, 4) is 0 Å². The first-order valence-corrected chi connectivity index (χ1v) is 5.66. The van der Waals surface area contributed by atoms with Crippen LogP contribution < -0.4 is 4.90 Å². The molecule has 2 atom stereocenters. The zero-order chi connectivity index (χ0) is 10.8. The van der Waals surface area contributed by atoms with E-state index in [1.807, 2.05) is 12.1 Å². The van der Waals surface area contributed by atoms with Gasteiger partial charge in [-0.1, -0.05) is 12.1 Å². The van der Waals surface area contributed by atoms with Crippen LogP contribution in [0.2, 0.25) is 0 Å². The van der Waals surface area contributed by atoms with Crippen molar-refractivity contribution in [2.75, 3.05) is 19.8 Å². The number of benzene rings is 1. The minimum Gasteiger partial charge on any atom is -0.390 e. The summed E-state index contributed by atoms with van der Waals surface area (Å²) in [6, 6.07) is 8.26. The maximum absolute atomic E-state index is 9.59. The van der Waals surface area contributed by atoms with Gasteiger partial charge in [0.15, 0.2) is 5.54 Å². The Bertz CT molecular complexity index is 413. The number of hydrogen-bond acceptors (Lipinski definition) is 3. The van der Waals surface area contributed by atoms with Crippen molar-refractivity contribution in [1.82, 2.24) is 0 Å². The maximum atomic E-state index is 9.59. The second-order valence-corrected chi connectivity index (χ2v) is 4.90. The van der Waals surface area contributed by atoms with Gasteiger partial charge in [0.1, 0.15) is 19.8 Å². The average molecular weight is 220 g/mol. The van der Waals surface area contributed by atoms with E-state index in [0.717, 1.165) is 0 Å². The molecule has 0 saturated carbocycles. The number of fused-ring (bicyclic) bond motifs is 3. The number of aliphatic hydroxyl groups excluding tert-OH is 1. The van der Waals surface area contributed by atoms with Crippen LogP contribution in [0.5, 0.6) is 0 Å². The Labute approximate surface area is 93.4 Å². The molecule has 0 spiro atoms. The summed E-state index contributed by atoms with van der Waals surface area (Å²) in [6.07, 6.45) is 0.103. The summed E-state index contributed by atoms with van der Waals surface area (Å²) in [7, 11) is 0. The van der Waals surface area contributed by atoms with Crippen LogP contribution >= 0.6 is 0 Å². The third-order valence-corrected chi connectivity index (χ3v) is 4.09. The van der Waals surface area contributed by atoms with Crippen LogP contribution in [-0.4, -0.2) is 30.5 Å². The molecular weight excluding hydrogens is 206 g/mol. The first kappa shape index (κ1) is 9.13. The predicted octanol–water partition coefficient (Wildman–Crippen LogP) is -0.626. The molecule has 3 aliphatic heterocycles. The van der Waals surface area contributed by atoms with E-state index in [4.69, 9.17) is 9.47 Å². The smallest absolute Gasteiger partial charge is 0.222 e. The van der Waals surface area contributed by atoms with Crippen LogP contribution in [0.3, 0.4) is 0 Å². The normalized spacial score (nSPS) is 43.4. The van der Waals surface area contributed by atoms with Crippen molar-refractivity contribution in [3.05, 3.63) is 35.4 Å². The van der Waals surface area contributed by atoms with E-state index >= 15 is 0 Å². The average Bonchev–Trinajstić information content (AvgIpc) is 2.96. The van der Waals surface area contributed by atoms with E-state index in [9.17, 15) is 5.11 Å². The first-order chi connectivity index (χ1) is 7.86. The van der Waals surface area contributed by atoms with Gasteiger partial charge in [-0.25, -0.2) is 0 Å². The third kappa shape index (κ3) is 0.858. The summed E-state index contributed by atoms with van der Waals surface area (Å²) in [6.45, 7) is 1.31. The maximum Gasteiger partial charge on any atom is 0.222 e. The molecule has 2 fully saturated rings. The number of nitrogens with one attached hydrogen (secondary N) is 1. The van der Waals surface area contributed by atoms with Gasteiger partial charge in [0, 0.05) is 0 Å². The fourth-order valence-electron chi connectivity index (χ4n) is 3.25. The van der Waals surface area contributed by atoms with Gasteiger partial charge in [-0.3, -0.25) is 4.90 Å². The predicted molar refractivity (Wildman–Crippen MR) is 54.6 cm³/mol. The van der Waals surface area contributed by atoms with Gasteiger partial charge in [-0.2, -0.15) is 0 Å². The highest BCUT2D eigenvalue weighted by molar-refractivity contribution is 5.33. The molecule has 4 rings (SSSR count). The topological polar surface area (TPSA) is 43.1 Å². The zero-order valence-electron chi connectivity index (χ0n) is 8.85. The van der Waals surface area contributed by atoms with Crippen molar-refractivity contribution in [1.29, 1.82) is 0 Å². The van der Waals surface area contributed by atoms with Crippen molar-refractivity contribution in [2.24, 2.45) is 0 Å². The Kier molecular flexibility index (Phi) is 1.62. The SMILES string of the molecule is OCC12CO[C@@H]3c4ccccc4[C@@H](OC1)[NH+]32. The molecule has 84 valence electrons. The highest BCUT2D eigenvalue weighted by Crippen LogP contribution is 2.39. The van der Waals surface area contributed by atoms with Gasteiger partial charge in [0.2, 0.25) is 12.5 Å². The summed E-state index contributed by atoms with van der Waals surface area (Å²) in [5.74, 6) is 0. The monoisotopic (exact) mass is 220 g/mol. The second-order valence-electron chi connectivity index (χ2n) is 4.90. The summed E-state index contributed by atoms with van der Waals surface area (Å²) in [5, 5.41) is 9.59. The Morgan fingerprint density at radius 1 is 1.19 bits per heavy atom. The number of aliphatic hydroxyl groups is 1. The van der Waals surface area contributed by atoms with Crippen molar-refractivity contribution < 1.29 is 19.5 Å². The number of quaternary nitrogens is 1. The molecule has 0 aromatic heterocycles. The van der Waals surface area contributed by atoms with Crippen LogP contribution in [-0.2, 0) is 9.47 Å². The zero-order valence-corrected chi connectivity index (χ0v) is 8.85. The molecular formula is C12H14NO3+. The van der Waals surface area contributed by atoms with Gasteiger partial charge in [0.05, 0.1) is 11.1 Å². The lowest BCUT2D eigenvalue weighted by Crippen LogP contribution is -3.16. The quantitative estimate of drug-likeness (QED) is 0.662. The number of ether oxygens (including phenoxy) is 2. The number of hydrogen-bond donors (Lipinski definition) is 2. The summed E-state index contributed by atoms with van der Waals surface area (Å²) in [4.78, 5) is 1.25. The second kappa shape index (κ2) is 2.84. The van der Waals surface area contributed by atoms with E-state index < -0.39 is 0 Å². The van der Waals surface area contributed by atoms with Crippen LogP contribution in [0, 0.1) is 0 Å². The Morgan fingerprint density at radius 2 is 1.75 bits per heavy atom. The summed E-state index contributed by atoms with van der Waals surface area (Å²) >= 11 is 0. The van der Waals surface area contributed by atoms with Crippen LogP contribution in [0.1, 0.15) is 23.6 Å². The molecule has 0 unspecified atom stereocenters. The lowest BCUT2D eigenvalue weighted by molar-refractivity contribution is -0.994. The molecule has 3 heterocycles. The van der Waals surface area contributed by atoms with E-state index in [0.29, 0.717) is 13.2 Å². The molecule has 2 saturated heterocycles. The fraction of sp³-hybridized carbons (Fsp3) is 0.500. The van der Waals surface area contributed by atoms with Gasteiger partial charge >= 0.3 is 0 Å². The van der Waals surface area contributed by atoms with E-state index in [1.54, 1.807) is 0 Å². The molecule has 1 aromatic rings. The van der Waals surface area contributed by atoms with Crippen LogP contribution in [0.15, 0.2) is 24.3 Å². The molecule has 1 aromatic carbocycles. The summed E-state index contributed by atoms with van der Waals surface area (Å²) in [5.41, 5.74) is 2.20. The molecule has 16 heavy (non-hydrogen) atoms. The standard InChI is InChI=1S/C12H13NO3/c14-5-12-6-15-10-8-3-1-2-4-9(8)11(13(10)12)16-7-12/h1-4,10-11,14H,5-7H2/p+1/t10-,11-/m1/s1. The molecule has 0 aliphatic carbocycles. The van der Waals surface area contributed by atoms with Crippen LogP contribution in [0.25, 0.3) is 0 Å². The highest BCUT2D eigenvalue weighted by Gasteiger charge is 2.65. The minimum absolute atomic E-state index is 0.0517. The van der Waals surface area contributed by atoms with Crippen molar-refractivity contribution in [3.63, 3.8) is 0 Å². The van der Waals surface area contributed by atoms with Gasteiger partial charge in [-0.15, -0.1) is 0 Å². The van der Waals surface area contributed by atoms with Crippen molar-refractivity contribution in [2.45, 2.75) is 18.0 Å². The minimum atomic E-state index is -0.242. The molecule has 0 radical (unpaired) electrons. The van der Waals surface area contributed by atoms with E-state index in [2.05, 4.69) is 12.1 Å². The molecule has 4 heteroatoms. The Balaban J connectivity index is 1.88. The van der Waals surface area contributed by atoms with E-state index in [-0.39, 0.29) is 24.6 Å². The summed E-state index contributed by atoms with van der Waals surface area (Å²) < 4.78 is 11.7. The van der Waals surface area contributed by atoms with Crippen LogP contribution in [0.4, 0.5) is 0 Å². The van der Waals surface area contributed by atoms with E-state index in [1.165, 1.54) is 16.0 Å². The third-order valence-electron chi connectivity index (χ3n) is 4.09. The van der Waals surface area contributed by atoms with Gasteiger partial charge in [0.25, 0.3) is 0 Å². The fourth-order valence-corrected chi connectivity index (χ4v) is 3.25.